The third-order valence-electron chi connectivity index (χ3n) is 4.24. The maximum Gasteiger partial charge on any atom is 0.253 e. The number of amides is 1. The molecule has 25 heavy (non-hydrogen) atoms. The number of rotatable bonds is 4. The molecule has 0 unspecified atom stereocenters. The third kappa shape index (κ3) is 4.30. The van der Waals surface area contributed by atoms with Crippen LogP contribution in [0.4, 0.5) is 17.1 Å². The number of hydrogen-bond acceptors (Lipinski definition) is 5. The molecule has 1 aliphatic rings. The van der Waals surface area contributed by atoms with Gasteiger partial charge in [0.05, 0.1) is 0 Å². The molecule has 2 aromatic carbocycles. The van der Waals surface area contributed by atoms with Crippen molar-refractivity contribution in [1.82, 2.24) is 4.90 Å². The molecule has 1 heterocycles. The number of nitrogens with zero attached hydrogens (tertiary/aromatic N) is 1. The largest absolute Gasteiger partial charge is 0.401 e. The SMILES string of the molecule is NC1=C(C(=O)Nc2cccc(N)c2)CCN(Cc2cccc(N)c2)C1. The van der Waals surface area contributed by atoms with Crippen molar-refractivity contribution in [2.75, 3.05) is 29.9 Å². The first-order valence-corrected chi connectivity index (χ1v) is 8.22. The molecule has 0 saturated heterocycles. The summed E-state index contributed by atoms with van der Waals surface area (Å²) in [7, 11) is 0. The number of benzene rings is 2. The standard InChI is InChI=1S/C19H23N5O/c20-14-4-1-3-13(9-14)11-24-8-7-17(18(22)12-24)19(25)23-16-6-2-5-15(21)10-16/h1-6,9-10H,7-8,11-12,20-22H2,(H,23,25). The molecule has 0 aliphatic carbocycles. The van der Waals surface area contributed by atoms with Gasteiger partial charge in [-0.2, -0.15) is 0 Å². The van der Waals surface area contributed by atoms with E-state index in [2.05, 4.69) is 10.2 Å². The lowest BCUT2D eigenvalue weighted by Gasteiger charge is -2.29. The normalized spacial score (nSPS) is 15.2. The van der Waals surface area contributed by atoms with Crippen LogP contribution < -0.4 is 22.5 Å². The molecule has 7 N–H and O–H groups in total. The quantitative estimate of drug-likeness (QED) is 0.637. The first-order valence-electron chi connectivity index (χ1n) is 8.22. The summed E-state index contributed by atoms with van der Waals surface area (Å²) in [5.41, 5.74) is 22.1. The highest BCUT2D eigenvalue weighted by molar-refractivity contribution is 6.04. The maximum atomic E-state index is 12.5. The van der Waals surface area contributed by atoms with E-state index in [1.54, 1.807) is 24.3 Å². The minimum absolute atomic E-state index is 0.160. The van der Waals surface area contributed by atoms with E-state index in [9.17, 15) is 4.79 Å². The van der Waals surface area contributed by atoms with E-state index in [1.165, 1.54) is 0 Å². The van der Waals surface area contributed by atoms with Crippen molar-refractivity contribution in [1.29, 1.82) is 0 Å². The molecule has 3 rings (SSSR count). The fraction of sp³-hybridized carbons (Fsp3) is 0.211. The second-order valence-electron chi connectivity index (χ2n) is 6.29. The van der Waals surface area contributed by atoms with Crippen molar-refractivity contribution in [3.05, 3.63) is 65.4 Å². The Morgan fingerprint density at radius 3 is 2.44 bits per heavy atom. The van der Waals surface area contributed by atoms with E-state index < -0.39 is 0 Å². The van der Waals surface area contributed by atoms with E-state index in [0.717, 1.165) is 24.3 Å². The summed E-state index contributed by atoms with van der Waals surface area (Å²) in [4.78, 5) is 14.7. The van der Waals surface area contributed by atoms with E-state index in [-0.39, 0.29) is 5.91 Å². The summed E-state index contributed by atoms with van der Waals surface area (Å²) in [6, 6.07) is 14.9. The third-order valence-corrected chi connectivity index (χ3v) is 4.24. The van der Waals surface area contributed by atoms with Gasteiger partial charge in [0.2, 0.25) is 0 Å². The molecule has 0 aromatic heterocycles. The minimum Gasteiger partial charge on any atom is -0.401 e. The second kappa shape index (κ2) is 7.27. The van der Waals surface area contributed by atoms with Gasteiger partial charge in [0.1, 0.15) is 0 Å². The summed E-state index contributed by atoms with van der Waals surface area (Å²) in [6.45, 7) is 2.10. The van der Waals surface area contributed by atoms with Gasteiger partial charge in [0.25, 0.3) is 5.91 Å². The summed E-state index contributed by atoms with van der Waals surface area (Å²) in [5, 5.41) is 2.86. The predicted octanol–water partition coefficient (Wildman–Crippen LogP) is 1.91. The summed E-state index contributed by atoms with van der Waals surface area (Å²) in [5.74, 6) is -0.160. The highest BCUT2D eigenvalue weighted by atomic mass is 16.1. The highest BCUT2D eigenvalue weighted by Crippen LogP contribution is 2.20. The van der Waals surface area contributed by atoms with Crippen molar-refractivity contribution < 1.29 is 4.79 Å². The maximum absolute atomic E-state index is 12.5. The Kier molecular flexibility index (Phi) is 4.90. The van der Waals surface area contributed by atoms with E-state index in [0.29, 0.717) is 35.6 Å². The molecule has 6 heteroatoms. The van der Waals surface area contributed by atoms with Crippen LogP contribution in [0.25, 0.3) is 0 Å². The Morgan fingerprint density at radius 2 is 1.76 bits per heavy atom. The van der Waals surface area contributed by atoms with Crippen LogP contribution in [-0.4, -0.2) is 23.9 Å². The van der Waals surface area contributed by atoms with Crippen LogP contribution in [-0.2, 0) is 11.3 Å². The molecule has 1 amide bonds. The number of carbonyl (C=O) groups excluding carboxylic acids is 1. The molecule has 0 radical (unpaired) electrons. The lowest BCUT2D eigenvalue weighted by Crippen LogP contribution is -2.36. The van der Waals surface area contributed by atoms with E-state index >= 15 is 0 Å². The van der Waals surface area contributed by atoms with Crippen molar-refractivity contribution in [3.8, 4) is 0 Å². The predicted molar refractivity (Wildman–Crippen MR) is 101 cm³/mol. The van der Waals surface area contributed by atoms with Gasteiger partial charge in [-0.3, -0.25) is 9.69 Å². The van der Waals surface area contributed by atoms with Crippen LogP contribution in [0, 0.1) is 0 Å². The molecule has 6 nitrogen and oxygen atoms in total. The van der Waals surface area contributed by atoms with Crippen LogP contribution in [0.1, 0.15) is 12.0 Å². The molecule has 0 atom stereocenters. The summed E-state index contributed by atoms with van der Waals surface area (Å²) < 4.78 is 0. The molecule has 2 aromatic rings. The average molecular weight is 337 g/mol. The van der Waals surface area contributed by atoms with Crippen LogP contribution in [0.15, 0.2) is 59.8 Å². The lowest BCUT2D eigenvalue weighted by molar-refractivity contribution is -0.113. The summed E-state index contributed by atoms with van der Waals surface area (Å²) >= 11 is 0. The van der Waals surface area contributed by atoms with Gasteiger partial charge in [-0.1, -0.05) is 18.2 Å². The molecular formula is C19H23N5O. The molecule has 130 valence electrons. The Bertz CT molecular complexity index is 815. The lowest BCUT2D eigenvalue weighted by atomic mass is 10.0. The first kappa shape index (κ1) is 16.9. The monoisotopic (exact) mass is 337 g/mol. The number of hydrogen-bond donors (Lipinski definition) is 4. The molecule has 0 saturated carbocycles. The second-order valence-corrected chi connectivity index (χ2v) is 6.29. The molecule has 0 bridgehead atoms. The zero-order valence-electron chi connectivity index (χ0n) is 14.0. The van der Waals surface area contributed by atoms with E-state index in [4.69, 9.17) is 17.2 Å². The first-order chi connectivity index (χ1) is 12.0. The Labute approximate surface area is 147 Å². The topological polar surface area (TPSA) is 110 Å². The van der Waals surface area contributed by atoms with Gasteiger partial charge in [0.15, 0.2) is 0 Å². The van der Waals surface area contributed by atoms with Crippen LogP contribution in [0.2, 0.25) is 0 Å². The highest BCUT2D eigenvalue weighted by Gasteiger charge is 2.22. The van der Waals surface area contributed by atoms with Crippen LogP contribution in [0.3, 0.4) is 0 Å². The summed E-state index contributed by atoms with van der Waals surface area (Å²) in [6.07, 6.45) is 0.613. The zero-order valence-corrected chi connectivity index (χ0v) is 14.0. The number of anilines is 3. The molecule has 0 fully saturated rings. The smallest absolute Gasteiger partial charge is 0.253 e. The fourth-order valence-corrected chi connectivity index (χ4v) is 3.01. The van der Waals surface area contributed by atoms with Crippen LogP contribution in [0.5, 0.6) is 0 Å². The van der Waals surface area contributed by atoms with Crippen molar-refractivity contribution in [2.45, 2.75) is 13.0 Å². The van der Waals surface area contributed by atoms with Crippen molar-refractivity contribution in [3.63, 3.8) is 0 Å². The number of carbonyl (C=O) groups is 1. The van der Waals surface area contributed by atoms with Crippen molar-refractivity contribution in [2.24, 2.45) is 5.73 Å². The van der Waals surface area contributed by atoms with Gasteiger partial charge < -0.3 is 22.5 Å². The number of nitrogens with two attached hydrogens (primary N) is 3. The molecule has 1 aliphatic heterocycles. The van der Waals surface area contributed by atoms with E-state index in [1.807, 2.05) is 24.3 Å². The van der Waals surface area contributed by atoms with Gasteiger partial charge in [0, 0.05) is 48.0 Å². The molecule has 0 spiro atoms. The van der Waals surface area contributed by atoms with Crippen LogP contribution >= 0.6 is 0 Å². The average Bonchev–Trinajstić information content (AvgIpc) is 2.55. The zero-order chi connectivity index (χ0) is 17.8. The Morgan fingerprint density at radius 1 is 1.04 bits per heavy atom. The number of nitrogen functional groups attached to an aromatic ring is 2. The van der Waals surface area contributed by atoms with Gasteiger partial charge in [-0.05, 0) is 42.3 Å². The van der Waals surface area contributed by atoms with Gasteiger partial charge in [-0.25, -0.2) is 0 Å². The minimum atomic E-state index is -0.160. The Balaban J connectivity index is 1.64. The Hall–Kier alpha value is -2.99. The number of nitrogens with one attached hydrogen (secondary N) is 1. The van der Waals surface area contributed by atoms with Gasteiger partial charge in [-0.15, -0.1) is 0 Å². The van der Waals surface area contributed by atoms with Crippen molar-refractivity contribution >= 4 is 23.0 Å². The fourth-order valence-electron chi connectivity index (χ4n) is 3.01. The molecular weight excluding hydrogens is 314 g/mol. The van der Waals surface area contributed by atoms with Gasteiger partial charge >= 0.3 is 0 Å².